The minimum atomic E-state index is -3.26. The molecule has 0 aliphatic carbocycles. The van der Waals surface area contributed by atoms with Gasteiger partial charge in [0.1, 0.15) is 5.82 Å². The molecule has 17 heavy (non-hydrogen) atoms. The number of sulfonamides is 1. The molecule has 0 fully saturated rings. The third-order valence-corrected chi connectivity index (χ3v) is 3.10. The number of hydrogen-bond acceptors (Lipinski definition) is 3. The first-order valence-electron chi connectivity index (χ1n) is 5.23. The van der Waals surface area contributed by atoms with Crippen LogP contribution < -0.4 is 4.72 Å². The van der Waals surface area contributed by atoms with Gasteiger partial charge in [0.2, 0.25) is 10.0 Å². The fraction of sp³-hybridized carbons (Fsp3) is 0.455. The highest BCUT2D eigenvalue weighted by Crippen LogP contribution is 2.19. The van der Waals surface area contributed by atoms with Crippen molar-refractivity contribution in [3.05, 3.63) is 35.6 Å². The van der Waals surface area contributed by atoms with Gasteiger partial charge in [-0.05, 0) is 30.0 Å². The first kappa shape index (κ1) is 14.1. The quantitative estimate of drug-likeness (QED) is 0.797. The van der Waals surface area contributed by atoms with Crippen LogP contribution in [0.5, 0.6) is 0 Å². The summed E-state index contributed by atoms with van der Waals surface area (Å²) in [6.07, 6.45) is 1.50. The molecule has 96 valence electrons. The summed E-state index contributed by atoms with van der Waals surface area (Å²) >= 11 is 0. The van der Waals surface area contributed by atoms with Crippen molar-refractivity contribution in [2.45, 2.75) is 12.3 Å². The average Bonchev–Trinajstić information content (AvgIpc) is 2.24. The summed E-state index contributed by atoms with van der Waals surface area (Å²) in [6.45, 7) is 0.151. The second-order valence-electron chi connectivity index (χ2n) is 3.88. The number of benzene rings is 1. The highest BCUT2D eigenvalue weighted by Gasteiger charge is 2.13. The summed E-state index contributed by atoms with van der Waals surface area (Å²) < 4.78 is 37.1. The van der Waals surface area contributed by atoms with Crippen LogP contribution in [0.4, 0.5) is 4.39 Å². The molecular weight excluding hydrogens is 245 g/mol. The van der Waals surface area contributed by atoms with Gasteiger partial charge < -0.3 is 5.11 Å². The molecule has 0 aliphatic rings. The van der Waals surface area contributed by atoms with Crippen molar-refractivity contribution in [2.24, 2.45) is 0 Å². The Hall–Kier alpha value is -0.980. The van der Waals surface area contributed by atoms with Crippen LogP contribution in [0.25, 0.3) is 0 Å². The maximum absolute atomic E-state index is 12.8. The SMILES string of the molecule is CS(=O)(=O)NC[C@@H](CCO)c1ccc(F)cc1. The van der Waals surface area contributed by atoms with Crippen molar-refractivity contribution >= 4 is 10.0 Å². The Labute approximate surface area is 101 Å². The molecule has 0 bridgehead atoms. The van der Waals surface area contributed by atoms with Gasteiger partial charge in [0.05, 0.1) is 6.26 Å². The lowest BCUT2D eigenvalue weighted by molar-refractivity contribution is 0.275. The molecule has 0 saturated carbocycles. The van der Waals surface area contributed by atoms with E-state index in [1.807, 2.05) is 0 Å². The first-order chi connectivity index (χ1) is 7.92. The second-order valence-corrected chi connectivity index (χ2v) is 5.71. The first-order valence-corrected chi connectivity index (χ1v) is 7.12. The summed E-state index contributed by atoms with van der Waals surface area (Å²) in [5.41, 5.74) is 0.802. The number of aliphatic hydroxyl groups excluding tert-OH is 1. The van der Waals surface area contributed by atoms with Crippen molar-refractivity contribution in [1.29, 1.82) is 0 Å². The molecule has 0 aromatic heterocycles. The highest BCUT2D eigenvalue weighted by molar-refractivity contribution is 7.88. The largest absolute Gasteiger partial charge is 0.396 e. The molecule has 0 heterocycles. The van der Waals surface area contributed by atoms with Gasteiger partial charge >= 0.3 is 0 Å². The number of hydrogen-bond donors (Lipinski definition) is 2. The summed E-state index contributed by atoms with van der Waals surface area (Å²) in [7, 11) is -3.26. The van der Waals surface area contributed by atoms with Crippen LogP contribution in [0.1, 0.15) is 17.9 Å². The van der Waals surface area contributed by atoms with E-state index in [9.17, 15) is 12.8 Å². The number of aliphatic hydroxyl groups is 1. The number of halogens is 1. The molecule has 0 unspecified atom stereocenters. The zero-order chi connectivity index (χ0) is 12.9. The van der Waals surface area contributed by atoms with Crippen molar-refractivity contribution in [3.63, 3.8) is 0 Å². The van der Waals surface area contributed by atoms with Gasteiger partial charge in [-0.1, -0.05) is 12.1 Å². The average molecular weight is 261 g/mol. The van der Waals surface area contributed by atoms with E-state index in [0.29, 0.717) is 6.42 Å². The predicted octanol–water partition coefficient (Wildman–Crippen LogP) is 0.841. The standard InChI is InChI=1S/C11H16FNO3S/c1-17(15,16)13-8-10(6-7-14)9-2-4-11(12)5-3-9/h2-5,10,13-14H,6-8H2,1H3/t10-/m1/s1. The van der Waals surface area contributed by atoms with Crippen LogP contribution in [0.3, 0.4) is 0 Å². The molecule has 0 amide bonds. The zero-order valence-electron chi connectivity index (χ0n) is 9.56. The smallest absolute Gasteiger partial charge is 0.208 e. The topological polar surface area (TPSA) is 66.4 Å². The number of nitrogens with one attached hydrogen (secondary N) is 1. The molecule has 0 radical (unpaired) electrons. The van der Waals surface area contributed by atoms with Gasteiger partial charge in [-0.3, -0.25) is 0 Å². The van der Waals surface area contributed by atoms with Gasteiger partial charge in [0.25, 0.3) is 0 Å². The maximum atomic E-state index is 12.8. The van der Waals surface area contributed by atoms with E-state index in [1.54, 1.807) is 12.1 Å². The second kappa shape index (κ2) is 6.09. The fourth-order valence-electron chi connectivity index (χ4n) is 1.53. The lowest BCUT2D eigenvalue weighted by Crippen LogP contribution is -2.27. The van der Waals surface area contributed by atoms with Crippen LogP contribution in [-0.4, -0.2) is 32.9 Å². The van der Waals surface area contributed by atoms with Crippen molar-refractivity contribution in [3.8, 4) is 0 Å². The summed E-state index contributed by atoms with van der Waals surface area (Å²) in [4.78, 5) is 0. The molecule has 4 nitrogen and oxygen atoms in total. The molecule has 2 N–H and O–H groups in total. The van der Waals surface area contributed by atoms with E-state index in [4.69, 9.17) is 5.11 Å². The highest BCUT2D eigenvalue weighted by atomic mass is 32.2. The third kappa shape index (κ3) is 5.25. The molecule has 1 aromatic rings. The molecule has 6 heteroatoms. The Bertz CT molecular complexity index is 444. The van der Waals surface area contributed by atoms with Gasteiger partial charge in [0.15, 0.2) is 0 Å². The molecule has 0 spiro atoms. The van der Waals surface area contributed by atoms with Crippen molar-refractivity contribution in [2.75, 3.05) is 19.4 Å². The molecule has 0 saturated heterocycles. The monoisotopic (exact) mass is 261 g/mol. The van der Waals surface area contributed by atoms with Crippen molar-refractivity contribution in [1.82, 2.24) is 4.72 Å². The van der Waals surface area contributed by atoms with Crippen LogP contribution >= 0.6 is 0 Å². The van der Waals surface area contributed by atoms with E-state index < -0.39 is 10.0 Å². The summed E-state index contributed by atoms with van der Waals surface area (Å²) in [6, 6.07) is 5.83. The Morgan fingerprint density at radius 3 is 2.41 bits per heavy atom. The minimum Gasteiger partial charge on any atom is -0.396 e. The van der Waals surface area contributed by atoms with Gasteiger partial charge in [-0.25, -0.2) is 17.5 Å². The normalized spacial score (nSPS) is 13.6. The third-order valence-electron chi connectivity index (χ3n) is 2.41. The van der Waals surface area contributed by atoms with E-state index in [1.165, 1.54) is 12.1 Å². The van der Waals surface area contributed by atoms with E-state index in [0.717, 1.165) is 11.8 Å². The lowest BCUT2D eigenvalue weighted by Gasteiger charge is -2.16. The Morgan fingerprint density at radius 2 is 1.94 bits per heavy atom. The van der Waals surface area contributed by atoms with E-state index in [-0.39, 0.29) is 24.9 Å². The lowest BCUT2D eigenvalue weighted by atomic mass is 9.96. The predicted molar refractivity (Wildman–Crippen MR) is 63.7 cm³/mol. The van der Waals surface area contributed by atoms with Crippen LogP contribution in [-0.2, 0) is 10.0 Å². The van der Waals surface area contributed by atoms with Gasteiger partial charge in [0, 0.05) is 13.2 Å². The molecule has 1 aromatic carbocycles. The maximum Gasteiger partial charge on any atom is 0.208 e. The fourth-order valence-corrected chi connectivity index (χ4v) is 2.03. The van der Waals surface area contributed by atoms with Gasteiger partial charge in [-0.2, -0.15) is 0 Å². The molecule has 1 atom stereocenters. The molecule has 1 rings (SSSR count). The molecule has 0 aliphatic heterocycles. The van der Waals surface area contributed by atoms with Crippen LogP contribution in [0.15, 0.2) is 24.3 Å². The van der Waals surface area contributed by atoms with E-state index in [2.05, 4.69) is 4.72 Å². The van der Waals surface area contributed by atoms with Crippen LogP contribution in [0.2, 0.25) is 0 Å². The summed E-state index contributed by atoms with van der Waals surface area (Å²) in [5, 5.41) is 8.93. The van der Waals surface area contributed by atoms with Crippen LogP contribution in [0, 0.1) is 5.82 Å². The zero-order valence-corrected chi connectivity index (χ0v) is 10.4. The summed E-state index contributed by atoms with van der Waals surface area (Å²) in [5.74, 6) is -0.497. The Balaban J connectivity index is 2.75. The Morgan fingerprint density at radius 1 is 1.35 bits per heavy atom. The number of rotatable bonds is 6. The van der Waals surface area contributed by atoms with E-state index >= 15 is 0 Å². The van der Waals surface area contributed by atoms with Crippen molar-refractivity contribution < 1.29 is 17.9 Å². The van der Waals surface area contributed by atoms with Gasteiger partial charge in [-0.15, -0.1) is 0 Å². The Kier molecular flexibility index (Phi) is 5.04. The minimum absolute atomic E-state index is 0.0481. The molecular formula is C11H16FNO3S.